The lowest BCUT2D eigenvalue weighted by atomic mass is 10.1. The van der Waals surface area contributed by atoms with Crippen molar-refractivity contribution in [2.45, 2.75) is 19.3 Å². The molecule has 0 radical (unpaired) electrons. The van der Waals surface area contributed by atoms with Crippen LogP contribution in [0.4, 0.5) is 5.69 Å². The molecule has 2 amide bonds. The van der Waals surface area contributed by atoms with Crippen LogP contribution in [0.2, 0.25) is 0 Å². The van der Waals surface area contributed by atoms with Crippen molar-refractivity contribution in [1.29, 1.82) is 0 Å². The minimum Gasteiger partial charge on any atom is -0.278 e. The summed E-state index contributed by atoms with van der Waals surface area (Å²) in [6, 6.07) is 9.20. The largest absolute Gasteiger partial charge is 0.278 e. The van der Waals surface area contributed by atoms with Gasteiger partial charge < -0.3 is 0 Å². The van der Waals surface area contributed by atoms with Crippen LogP contribution in [-0.2, 0) is 9.59 Å². The summed E-state index contributed by atoms with van der Waals surface area (Å²) in [6.45, 7) is 0. The number of nitrogens with one attached hydrogen (secondary N) is 1. The van der Waals surface area contributed by atoms with Gasteiger partial charge in [-0.25, -0.2) is 0 Å². The first-order valence-electron chi connectivity index (χ1n) is 6.21. The van der Waals surface area contributed by atoms with Crippen molar-refractivity contribution in [1.82, 2.24) is 10.2 Å². The quantitative estimate of drug-likeness (QED) is 0.836. The number of benzene rings is 1. The van der Waals surface area contributed by atoms with Crippen LogP contribution >= 0.6 is 0 Å². The van der Waals surface area contributed by atoms with E-state index < -0.39 is 0 Å². The summed E-state index contributed by atoms with van der Waals surface area (Å²) in [4.78, 5) is 25.1. The van der Waals surface area contributed by atoms with Crippen LogP contribution in [0.15, 0.2) is 36.5 Å². The normalized spacial score (nSPS) is 15.9. The van der Waals surface area contributed by atoms with Gasteiger partial charge in [-0.1, -0.05) is 12.1 Å². The molecule has 96 valence electrons. The van der Waals surface area contributed by atoms with Crippen LogP contribution in [0.3, 0.4) is 0 Å². The van der Waals surface area contributed by atoms with Crippen molar-refractivity contribution in [3.05, 3.63) is 36.5 Å². The number of rotatable bonds is 2. The van der Waals surface area contributed by atoms with E-state index in [4.69, 9.17) is 0 Å². The number of carbonyl (C=O) groups excluding carboxylic acids is 2. The summed E-state index contributed by atoms with van der Waals surface area (Å²) in [7, 11) is 0. The predicted octanol–water partition coefficient (Wildman–Crippen LogP) is 2.12. The number of imide groups is 1. The highest BCUT2D eigenvalue weighted by Crippen LogP contribution is 2.26. The fourth-order valence-electron chi connectivity index (χ4n) is 2.27. The number of hydrogen-bond donors (Lipinski definition) is 1. The van der Waals surface area contributed by atoms with E-state index in [2.05, 4.69) is 10.2 Å². The molecule has 0 saturated carbocycles. The number of anilines is 1. The fourth-order valence-corrected chi connectivity index (χ4v) is 2.27. The third kappa shape index (κ3) is 2.14. The molecule has 1 aromatic heterocycles. The maximum absolute atomic E-state index is 11.9. The van der Waals surface area contributed by atoms with Gasteiger partial charge in [0.15, 0.2) is 0 Å². The maximum atomic E-state index is 11.9. The Hall–Kier alpha value is -2.43. The topological polar surface area (TPSA) is 66.1 Å². The Morgan fingerprint density at radius 1 is 1.11 bits per heavy atom. The van der Waals surface area contributed by atoms with Crippen molar-refractivity contribution < 1.29 is 9.59 Å². The minimum atomic E-state index is -0.127. The van der Waals surface area contributed by atoms with Crippen LogP contribution < -0.4 is 4.90 Å². The van der Waals surface area contributed by atoms with Crippen molar-refractivity contribution in [3.8, 4) is 11.3 Å². The first-order chi connectivity index (χ1) is 9.25. The Morgan fingerprint density at radius 2 is 1.89 bits per heavy atom. The molecule has 19 heavy (non-hydrogen) atoms. The van der Waals surface area contributed by atoms with Gasteiger partial charge in [-0.3, -0.25) is 19.6 Å². The van der Waals surface area contributed by atoms with Crippen molar-refractivity contribution in [2.24, 2.45) is 0 Å². The zero-order chi connectivity index (χ0) is 13.2. The summed E-state index contributed by atoms with van der Waals surface area (Å²) in [5.41, 5.74) is 2.39. The SMILES string of the molecule is O=C1CCCC(=O)N1c1cccc(-c2ccn[nH]2)c1. The lowest BCUT2D eigenvalue weighted by Gasteiger charge is -2.25. The second kappa shape index (κ2) is 4.68. The lowest BCUT2D eigenvalue weighted by Crippen LogP contribution is -2.40. The van der Waals surface area contributed by atoms with Crippen LogP contribution in [-0.4, -0.2) is 22.0 Å². The summed E-state index contributed by atoms with van der Waals surface area (Å²) in [5, 5.41) is 6.77. The van der Waals surface area contributed by atoms with E-state index in [0.29, 0.717) is 24.9 Å². The van der Waals surface area contributed by atoms with Crippen LogP contribution in [0.25, 0.3) is 11.3 Å². The molecule has 0 aliphatic carbocycles. The number of piperidine rings is 1. The van der Waals surface area contributed by atoms with Gasteiger partial charge in [-0.15, -0.1) is 0 Å². The van der Waals surface area contributed by atoms with Gasteiger partial charge >= 0.3 is 0 Å². The first-order valence-corrected chi connectivity index (χ1v) is 6.21. The summed E-state index contributed by atoms with van der Waals surface area (Å²) < 4.78 is 0. The molecular formula is C14H13N3O2. The van der Waals surface area contributed by atoms with Gasteiger partial charge in [0.25, 0.3) is 0 Å². The average molecular weight is 255 g/mol. The molecule has 1 saturated heterocycles. The standard InChI is InChI=1S/C14H13N3O2/c18-13-5-2-6-14(19)17(13)11-4-1-3-10(9-11)12-7-8-15-16-12/h1,3-4,7-9H,2,5-6H2,(H,15,16). The first kappa shape index (κ1) is 11.6. The molecule has 1 aliphatic rings. The molecule has 1 fully saturated rings. The van der Waals surface area contributed by atoms with Crippen LogP contribution in [0.5, 0.6) is 0 Å². The Morgan fingerprint density at radius 3 is 2.58 bits per heavy atom. The highest BCUT2D eigenvalue weighted by atomic mass is 16.2. The molecule has 2 heterocycles. The Balaban J connectivity index is 1.99. The van der Waals surface area contributed by atoms with E-state index in [1.54, 1.807) is 12.3 Å². The molecule has 5 heteroatoms. The van der Waals surface area contributed by atoms with Gasteiger partial charge in [0.05, 0.1) is 11.4 Å². The molecular weight excluding hydrogens is 242 g/mol. The van der Waals surface area contributed by atoms with Gasteiger partial charge in [0.2, 0.25) is 11.8 Å². The molecule has 0 unspecified atom stereocenters. The predicted molar refractivity (Wildman–Crippen MR) is 70.4 cm³/mol. The number of hydrogen-bond acceptors (Lipinski definition) is 3. The third-order valence-corrected chi connectivity index (χ3v) is 3.20. The molecule has 1 N–H and O–H groups in total. The number of carbonyl (C=O) groups is 2. The van der Waals surface area contributed by atoms with E-state index in [-0.39, 0.29) is 11.8 Å². The number of H-pyrrole nitrogens is 1. The van der Waals surface area contributed by atoms with Crippen molar-refractivity contribution in [3.63, 3.8) is 0 Å². The molecule has 0 bridgehead atoms. The minimum absolute atomic E-state index is 0.127. The van der Waals surface area contributed by atoms with Gasteiger partial charge in [0.1, 0.15) is 0 Å². The van der Waals surface area contributed by atoms with E-state index in [9.17, 15) is 9.59 Å². The Labute approximate surface area is 110 Å². The average Bonchev–Trinajstić information content (AvgIpc) is 2.93. The number of nitrogens with zero attached hydrogens (tertiary/aromatic N) is 2. The molecule has 2 aromatic rings. The van der Waals surface area contributed by atoms with E-state index in [1.807, 2.05) is 24.3 Å². The molecule has 3 rings (SSSR count). The molecule has 1 aliphatic heterocycles. The fraction of sp³-hybridized carbons (Fsp3) is 0.214. The zero-order valence-electron chi connectivity index (χ0n) is 10.3. The third-order valence-electron chi connectivity index (χ3n) is 3.20. The molecule has 0 spiro atoms. The van der Waals surface area contributed by atoms with Gasteiger partial charge in [-0.05, 0) is 24.6 Å². The Bertz CT molecular complexity index is 603. The summed E-state index contributed by atoms with van der Waals surface area (Å²) >= 11 is 0. The molecule has 0 atom stereocenters. The number of aromatic nitrogens is 2. The Kier molecular flexibility index (Phi) is 2.87. The van der Waals surface area contributed by atoms with E-state index in [0.717, 1.165) is 11.3 Å². The van der Waals surface area contributed by atoms with Gasteiger partial charge in [-0.2, -0.15) is 5.10 Å². The smallest absolute Gasteiger partial charge is 0.233 e. The summed E-state index contributed by atoms with van der Waals surface area (Å²) in [5.74, 6) is -0.254. The lowest BCUT2D eigenvalue weighted by molar-refractivity contribution is -0.129. The van der Waals surface area contributed by atoms with Crippen molar-refractivity contribution >= 4 is 17.5 Å². The van der Waals surface area contributed by atoms with Crippen LogP contribution in [0, 0.1) is 0 Å². The highest BCUT2D eigenvalue weighted by Gasteiger charge is 2.27. The molecule has 5 nitrogen and oxygen atoms in total. The van der Waals surface area contributed by atoms with Gasteiger partial charge in [0, 0.05) is 24.6 Å². The maximum Gasteiger partial charge on any atom is 0.233 e. The monoisotopic (exact) mass is 255 g/mol. The van der Waals surface area contributed by atoms with E-state index in [1.165, 1.54) is 4.90 Å². The van der Waals surface area contributed by atoms with Crippen LogP contribution in [0.1, 0.15) is 19.3 Å². The highest BCUT2D eigenvalue weighted by molar-refractivity contribution is 6.16. The second-order valence-corrected chi connectivity index (χ2v) is 4.50. The molecule has 1 aromatic carbocycles. The number of amides is 2. The van der Waals surface area contributed by atoms with E-state index >= 15 is 0 Å². The zero-order valence-corrected chi connectivity index (χ0v) is 10.3. The number of aromatic amines is 1. The van der Waals surface area contributed by atoms with Crippen molar-refractivity contribution in [2.75, 3.05) is 4.90 Å². The summed E-state index contributed by atoms with van der Waals surface area (Å²) in [6.07, 6.45) is 3.17. The second-order valence-electron chi connectivity index (χ2n) is 4.50.